The highest BCUT2D eigenvalue weighted by Crippen LogP contribution is 2.35. The summed E-state index contributed by atoms with van der Waals surface area (Å²) < 4.78 is 0. The summed E-state index contributed by atoms with van der Waals surface area (Å²) in [6.45, 7) is 8.14. The van der Waals surface area contributed by atoms with Crippen molar-refractivity contribution in [3.8, 4) is 0 Å². The fourth-order valence-corrected chi connectivity index (χ4v) is 2.59. The summed E-state index contributed by atoms with van der Waals surface area (Å²) in [5.74, 6) is -0.331. The van der Waals surface area contributed by atoms with Gasteiger partial charge in [0.05, 0.1) is 12.6 Å². The molecular formula is C15H30ClN3O2. The van der Waals surface area contributed by atoms with Crippen LogP contribution in [0.4, 0.5) is 0 Å². The van der Waals surface area contributed by atoms with E-state index in [1.165, 1.54) is 6.42 Å². The molecule has 0 heterocycles. The van der Waals surface area contributed by atoms with Crippen LogP contribution in [0.5, 0.6) is 0 Å². The SMILES string of the molecule is CC(C)[C@H](N)C(=O)NCC(=O)NC1CCCCC1(C)C.Cl. The van der Waals surface area contributed by atoms with Crippen molar-refractivity contribution >= 4 is 24.2 Å². The lowest BCUT2D eigenvalue weighted by Crippen LogP contribution is -2.51. The number of nitrogens with one attached hydrogen (secondary N) is 2. The van der Waals surface area contributed by atoms with Gasteiger partial charge in [0.15, 0.2) is 0 Å². The number of amides is 2. The van der Waals surface area contributed by atoms with Crippen molar-refractivity contribution in [1.82, 2.24) is 10.6 Å². The van der Waals surface area contributed by atoms with E-state index in [1.807, 2.05) is 13.8 Å². The monoisotopic (exact) mass is 319 g/mol. The molecule has 6 heteroatoms. The van der Waals surface area contributed by atoms with E-state index in [0.29, 0.717) is 0 Å². The van der Waals surface area contributed by atoms with Crippen LogP contribution in [0.2, 0.25) is 0 Å². The van der Waals surface area contributed by atoms with Crippen LogP contribution >= 0.6 is 12.4 Å². The molecule has 0 radical (unpaired) electrons. The lowest BCUT2D eigenvalue weighted by atomic mass is 9.73. The molecule has 21 heavy (non-hydrogen) atoms. The maximum absolute atomic E-state index is 11.9. The van der Waals surface area contributed by atoms with E-state index in [9.17, 15) is 9.59 Å². The number of carbonyl (C=O) groups excluding carboxylic acids is 2. The normalized spacial score (nSPS) is 22.1. The van der Waals surface area contributed by atoms with Crippen LogP contribution in [0.15, 0.2) is 0 Å². The summed E-state index contributed by atoms with van der Waals surface area (Å²) >= 11 is 0. The predicted octanol–water partition coefficient (Wildman–Crippen LogP) is 1.59. The Labute approximate surface area is 134 Å². The first-order chi connectivity index (χ1) is 9.24. The van der Waals surface area contributed by atoms with Crippen molar-refractivity contribution in [2.45, 2.75) is 65.5 Å². The molecule has 4 N–H and O–H groups in total. The van der Waals surface area contributed by atoms with Crippen LogP contribution in [-0.4, -0.2) is 30.4 Å². The minimum absolute atomic E-state index is 0. The van der Waals surface area contributed by atoms with Crippen molar-refractivity contribution in [2.24, 2.45) is 17.1 Å². The van der Waals surface area contributed by atoms with Gasteiger partial charge in [0, 0.05) is 6.04 Å². The fraction of sp³-hybridized carbons (Fsp3) is 0.867. The number of nitrogens with two attached hydrogens (primary N) is 1. The van der Waals surface area contributed by atoms with Crippen molar-refractivity contribution in [1.29, 1.82) is 0 Å². The van der Waals surface area contributed by atoms with Gasteiger partial charge in [0.25, 0.3) is 0 Å². The molecule has 0 saturated heterocycles. The van der Waals surface area contributed by atoms with E-state index in [2.05, 4.69) is 24.5 Å². The number of hydrogen-bond acceptors (Lipinski definition) is 3. The Morgan fingerprint density at radius 2 is 1.90 bits per heavy atom. The van der Waals surface area contributed by atoms with Gasteiger partial charge < -0.3 is 16.4 Å². The zero-order valence-corrected chi connectivity index (χ0v) is 14.4. The molecule has 0 aromatic carbocycles. The Balaban J connectivity index is 0.00000400. The summed E-state index contributed by atoms with van der Waals surface area (Å²) in [6.07, 6.45) is 4.51. The smallest absolute Gasteiger partial charge is 0.239 e. The standard InChI is InChI=1S/C15H29N3O2.ClH/c1-10(2)13(16)14(20)17-9-12(19)18-11-7-5-6-8-15(11,3)4;/h10-11,13H,5-9,16H2,1-4H3,(H,17,20)(H,18,19);1H/t11?,13-;/m0./s1. The molecule has 1 aliphatic rings. The van der Waals surface area contributed by atoms with Crippen molar-refractivity contribution < 1.29 is 9.59 Å². The summed E-state index contributed by atoms with van der Waals surface area (Å²) in [5.41, 5.74) is 5.86. The van der Waals surface area contributed by atoms with Gasteiger partial charge in [-0.25, -0.2) is 0 Å². The first-order valence-electron chi connectivity index (χ1n) is 7.56. The van der Waals surface area contributed by atoms with Crippen LogP contribution in [0, 0.1) is 11.3 Å². The Morgan fingerprint density at radius 1 is 1.29 bits per heavy atom. The molecule has 1 unspecified atom stereocenters. The second-order valence-corrected chi connectivity index (χ2v) is 6.84. The molecular weight excluding hydrogens is 290 g/mol. The molecule has 2 atom stereocenters. The van der Waals surface area contributed by atoms with Crippen LogP contribution in [0.25, 0.3) is 0 Å². The van der Waals surface area contributed by atoms with Crippen LogP contribution in [0.1, 0.15) is 53.4 Å². The highest BCUT2D eigenvalue weighted by atomic mass is 35.5. The van der Waals surface area contributed by atoms with E-state index in [-0.39, 0.29) is 48.1 Å². The maximum atomic E-state index is 11.9. The second-order valence-electron chi connectivity index (χ2n) is 6.84. The third-order valence-corrected chi connectivity index (χ3v) is 4.29. The summed E-state index contributed by atoms with van der Waals surface area (Å²) in [7, 11) is 0. The van der Waals surface area contributed by atoms with Gasteiger partial charge in [-0.2, -0.15) is 0 Å². The maximum Gasteiger partial charge on any atom is 0.239 e. The van der Waals surface area contributed by atoms with E-state index >= 15 is 0 Å². The predicted molar refractivity (Wildman–Crippen MR) is 87.3 cm³/mol. The van der Waals surface area contributed by atoms with Crippen molar-refractivity contribution in [3.63, 3.8) is 0 Å². The quantitative estimate of drug-likeness (QED) is 0.719. The van der Waals surface area contributed by atoms with E-state index < -0.39 is 6.04 Å². The Morgan fingerprint density at radius 3 is 2.43 bits per heavy atom. The van der Waals surface area contributed by atoms with E-state index in [0.717, 1.165) is 19.3 Å². The minimum atomic E-state index is -0.561. The minimum Gasteiger partial charge on any atom is -0.351 e. The van der Waals surface area contributed by atoms with Crippen molar-refractivity contribution in [2.75, 3.05) is 6.54 Å². The first kappa shape index (κ1) is 20.2. The highest BCUT2D eigenvalue weighted by molar-refractivity contribution is 5.87. The zero-order chi connectivity index (χ0) is 15.3. The van der Waals surface area contributed by atoms with Crippen LogP contribution in [0.3, 0.4) is 0 Å². The third-order valence-electron chi connectivity index (χ3n) is 4.29. The number of halogens is 1. The van der Waals surface area contributed by atoms with Gasteiger partial charge in [0.1, 0.15) is 0 Å². The number of hydrogen-bond donors (Lipinski definition) is 3. The lowest BCUT2D eigenvalue weighted by molar-refractivity contribution is -0.128. The van der Waals surface area contributed by atoms with Gasteiger partial charge >= 0.3 is 0 Å². The molecule has 0 aromatic rings. The van der Waals surface area contributed by atoms with Crippen LogP contribution < -0.4 is 16.4 Å². The molecule has 1 fully saturated rings. The largest absolute Gasteiger partial charge is 0.351 e. The lowest BCUT2D eigenvalue weighted by Gasteiger charge is -2.39. The second kappa shape index (κ2) is 8.59. The number of rotatable bonds is 5. The first-order valence-corrected chi connectivity index (χ1v) is 7.56. The van der Waals surface area contributed by atoms with Gasteiger partial charge in [-0.05, 0) is 24.2 Å². The molecule has 1 rings (SSSR count). The van der Waals surface area contributed by atoms with Crippen LogP contribution in [-0.2, 0) is 9.59 Å². The third kappa shape index (κ3) is 6.22. The Hall–Kier alpha value is -0.810. The summed E-state index contributed by atoms with van der Waals surface area (Å²) in [5, 5.41) is 5.64. The molecule has 0 bridgehead atoms. The average molecular weight is 320 g/mol. The topological polar surface area (TPSA) is 84.2 Å². The molecule has 0 aliphatic heterocycles. The molecule has 0 spiro atoms. The fourth-order valence-electron chi connectivity index (χ4n) is 2.59. The van der Waals surface area contributed by atoms with Crippen molar-refractivity contribution in [3.05, 3.63) is 0 Å². The molecule has 0 aromatic heterocycles. The average Bonchev–Trinajstić information content (AvgIpc) is 2.37. The molecule has 1 aliphatic carbocycles. The summed E-state index contributed by atoms with van der Waals surface area (Å²) in [6, 6.07) is -0.367. The zero-order valence-electron chi connectivity index (χ0n) is 13.6. The molecule has 5 nitrogen and oxygen atoms in total. The molecule has 1 saturated carbocycles. The van der Waals surface area contributed by atoms with E-state index in [4.69, 9.17) is 5.73 Å². The number of carbonyl (C=O) groups is 2. The Kier molecular flexibility index (Phi) is 8.26. The van der Waals surface area contributed by atoms with Gasteiger partial charge in [-0.1, -0.05) is 40.5 Å². The summed E-state index contributed by atoms with van der Waals surface area (Å²) in [4.78, 5) is 23.6. The van der Waals surface area contributed by atoms with Gasteiger partial charge in [0.2, 0.25) is 11.8 Å². The molecule has 2 amide bonds. The molecule has 124 valence electrons. The van der Waals surface area contributed by atoms with E-state index in [1.54, 1.807) is 0 Å². The van der Waals surface area contributed by atoms with Gasteiger partial charge in [-0.3, -0.25) is 9.59 Å². The Bertz CT molecular complexity index is 359. The highest BCUT2D eigenvalue weighted by Gasteiger charge is 2.33. The van der Waals surface area contributed by atoms with Gasteiger partial charge in [-0.15, -0.1) is 12.4 Å².